The molecule has 0 fully saturated rings. The molecule has 0 saturated carbocycles. The van der Waals surface area contributed by atoms with Crippen molar-refractivity contribution in [3.63, 3.8) is 0 Å². The molecule has 0 saturated heterocycles. The lowest BCUT2D eigenvalue weighted by Gasteiger charge is -2.08. The lowest BCUT2D eigenvalue weighted by molar-refractivity contribution is -0.114. The molecule has 1 amide bonds. The van der Waals surface area contributed by atoms with Crippen LogP contribution in [0.1, 0.15) is 12.8 Å². The number of benzene rings is 2. The van der Waals surface area contributed by atoms with Gasteiger partial charge in [0.2, 0.25) is 11.8 Å². The van der Waals surface area contributed by atoms with E-state index in [4.69, 9.17) is 20.8 Å². The smallest absolute Gasteiger partial charge is 0.233 e. The second-order valence-electron chi connectivity index (χ2n) is 4.69. The molecule has 0 radical (unpaired) electrons. The molecule has 22 heavy (non-hydrogen) atoms. The molecule has 1 N–H and O–H groups in total. The zero-order chi connectivity index (χ0) is 15.5. The molecule has 112 valence electrons. The summed E-state index contributed by atoms with van der Waals surface area (Å²) in [5.74, 6) is 0.817. The molecule has 1 aromatic heterocycles. The first kappa shape index (κ1) is 14.4. The molecule has 0 aliphatic carbocycles. The summed E-state index contributed by atoms with van der Waals surface area (Å²) in [4.78, 5) is 15.3. The molecule has 0 unspecified atom stereocenters. The van der Waals surface area contributed by atoms with Crippen molar-refractivity contribution < 1.29 is 13.9 Å². The van der Waals surface area contributed by atoms with Crippen molar-refractivity contribution in [2.24, 2.45) is 0 Å². The van der Waals surface area contributed by atoms with Gasteiger partial charge in [-0.3, -0.25) is 4.79 Å². The number of anilines is 1. The van der Waals surface area contributed by atoms with Gasteiger partial charge in [-0.2, -0.15) is 0 Å². The van der Waals surface area contributed by atoms with E-state index in [1.54, 1.807) is 18.2 Å². The summed E-state index contributed by atoms with van der Waals surface area (Å²) in [6.07, 6.45) is 0. The first-order chi connectivity index (χ1) is 10.6. The van der Waals surface area contributed by atoms with E-state index in [2.05, 4.69) is 10.3 Å². The third-order valence-corrected chi connectivity index (χ3v) is 3.24. The zero-order valence-corrected chi connectivity index (χ0v) is 12.6. The number of fused-ring (bicyclic) bond motifs is 1. The third-order valence-electron chi connectivity index (χ3n) is 2.94. The number of nitrogens with one attached hydrogen (secondary N) is 1. The third kappa shape index (κ3) is 3.20. The maximum atomic E-state index is 11.0. The van der Waals surface area contributed by atoms with Gasteiger partial charge in [0.25, 0.3) is 0 Å². The fourth-order valence-electron chi connectivity index (χ4n) is 2.02. The second-order valence-corrected chi connectivity index (χ2v) is 5.10. The van der Waals surface area contributed by atoms with Crippen molar-refractivity contribution >= 4 is 34.3 Å². The SMILES string of the molecule is CC(=O)Nc1ccc(OCc2nc3ccccc3o2)c(Cl)c1. The maximum Gasteiger partial charge on any atom is 0.233 e. The predicted molar refractivity (Wildman–Crippen MR) is 84.1 cm³/mol. The highest BCUT2D eigenvalue weighted by Crippen LogP contribution is 2.28. The number of halogens is 1. The monoisotopic (exact) mass is 316 g/mol. The lowest BCUT2D eigenvalue weighted by atomic mass is 10.3. The number of hydrogen-bond donors (Lipinski definition) is 1. The molecule has 5 nitrogen and oxygen atoms in total. The van der Waals surface area contributed by atoms with Crippen molar-refractivity contribution in [3.05, 3.63) is 53.4 Å². The number of hydrogen-bond acceptors (Lipinski definition) is 4. The molecule has 0 aliphatic heterocycles. The first-order valence-electron chi connectivity index (χ1n) is 6.66. The van der Waals surface area contributed by atoms with Crippen LogP contribution in [-0.4, -0.2) is 10.9 Å². The van der Waals surface area contributed by atoms with Gasteiger partial charge in [-0.15, -0.1) is 0 Å². The van der Waals surface area contributed by atoms with Gasteiger partial charge in [-0.1, -0.05) is 23.7 Å². The first-order valence-corrected chi connectivity index (χ1v) is 7.04. The number of aromatic nitrogens is 1. The van der Waals surface area contributed by atoms with E-state index >= 15 is 0 Å². The predicted octanol–water partition coefficient (Wildman–Crippen LogP) is 4.02. The molecule has 0 spiro atoms. The van der Waals surface area contributed by atoms with E-state index < -0.39 is 0 Å². The summed E-state index contributed by atoms with van der Waals surface area (Å²) in [6, 6.07) is 12.5. The van der Waals surface area contributed by atoms with Crippen LogP contribution >= 0.6 is 11.6 Å². The number of rotatable bonds is 4. The molecule has 0 aliphatic rings. The molecular weight excluding hydrogens is 304 g/mol. The Morgan fingerprint density at radius 1 is 1.32 bits per heavy atom. The van der Waals surface area contributed by atoms with Crippen LogP contribution < -0.4 is 10.1 Å². The minimum atomic E-state index is -0.156. The molecule has 0 bridgehead atoms. The standard InChI is InChI=1S/C16H13ClN2O3/c1-10(20)18-11-6-7-14(12(17)8-11)21-9-16-19-13-4-2-3-5-15(13)22-16/h2-8H,9H2,1H3,(H,18,20). The van der Waals surface area contributed by atoms with Crippen LogP contribution in [0.3, 0.4) is 0 Å². The molecule has 3 rings (SSSR count). The fourth-order valence-corrected chi connectivity index (χ4v) is 2.26. The largest absolute Gasteiger partial charge is 0.482 e. The van der Waals surface area contributed by atoms with Gasteiger partial charge in [0.05, 0.1) is 5.02 Å². The summed E-state index contributed by atoms with van der Waals surface area (Å²) < 4.78 is 11.2. The summed E-state index contributed by atoms with van der Waals surface area (Å²) >= 11 is 6.13. The maximum absolute atomic E-state index is 11.0. The Balaban J connectivity index is 1.71. The van der Waals surface area contributed by atoms with Crippen molar-refractivity contribution in [2.75, 3.05) is 5.32 Å². The molecule has 2 aromatic carbocycles. The number of oxazole rings is 1. The van der Waals surface area contributed by atoms with Gasteiger partial charge >= 0.3 is 0 Å². The van der Waals surface area contributed by atoms with Gasteiger partial charge < -0.3 is 14.5 Å². The van der Waals surface area contributed by atoms with Crippen molar-refractivity contribution in [2.45, 2.75) is 13.5 Å². The fraction of sp³-hybridized carbons (Fsp3) is 0.125. The van der Waals surface area contributed by atoms with Gasteiger partial charge in [0.1, 0.15) is 11.3 Å². The van der Waals surface area contributed by atoms with Crippen molar-refractivity contribution in [3.8, 4) is 5.75 Å². The molecule has 6 heteroatoms. The van der Waals surface area contributed by atoms with E-state index in [1.807, 2.05) is 24.3 Å². The number of carbonyl (C=O) groups is 1. The summed E-state index contributed by atoms with van der Waals surface area (Å²) in [6.45, 7) is 1.61. The summed E-state index contributed by atoms with van der Waals surface area (Å²) in [7, 11) is 0. The summed E-state index contributed by atoms with van der Waals surface area (Å²) in [5, 5.41) is 3.06. The van der Waals surface area contributed by atoms with Gasteiger partial charge in [-0.25, -0.2) is 4.98 Å². The van der Waals surface area contributed by atoms with Gasteiger partial charge in [-0.05, 0) is 30.3 Å². The van der Waals surface area contributed by atoms with Crippen LogP contribution in [0.2, 0.25) is 5.02 Å². The topological polar surface area (TPSA) is 64.4 Å². The van der Waals surface area contributed by atoms with Crippen molar-refractivity contribution in [1.29, 1.82) is 0 Å². The van der Waals surface area contributed by atoms with Crippen LogP contribution in [0.5, 0.6) is 5.75 Å². The number of amides is 1. The summed E-state index contributed by atoms with van der Waals surface area (Å²) in [5.41, 5.74) is 2.12. The van der Waals surface area contributed by atoms with E-state index in [0.29, 0.717) is 27.9 Å². The van der Waals surface area contributed by atoms with Crippen molar-refractivity contribution in [1.82, 2.24) is 4.98 Å². The quantitative estimate of drug-likeness (QED) is 0.789. The molecule has 1 heterocycles. The Morgan fingerprint density at radius 3 is 2.86 bits per heavy atom. The number of carbonyl (C=O) groups excluding carboxylic acids is 1. The Bertz CT molecular complexity index is 796. The average molecular weight is 317 g/mol. The molecule has 3 aromatic rings. The normalized spacial score (nSPS) is 10.6. The van der Waals surface area contributed by atoms with E-state index in [0.717, 1.165) is 5.52 Å². The lowest BCUT2D eigenvalue weighted by Crippen LogP contribution is -2.05. The highest BCUT2D eigenvalue weighted by molar-refractivity contribution is 6.32. The van der Waals surface area contributed by atoms with Gasteiger partial charge in [0.15, 0.2) is 12.2 Å². The van der Waals surface area contributed by atoms with Crippen LogP contribution in [0.25, 0.3) is 11.1 Å². The van der Waals surface area contributed by atoms with Crippen LogP contribution in [0.15, 0.2) is 46.9 Å². The van der Waals surface area contributed by atoms with E-state index in [9.17, 15) is 4.79 Å². The Hall–Kier alpha value is -2.53. The highest BCUT2D eigenvalue weighted by Gasteiger charge is 2.08. The van der Waals surface area contributed by atoms with Gasteiger partial charge in [0, 0.05) is 12.6 Å². The molecular formula is C16H13ClN2O3. The number of ether oxygens (including phenoxy) is 1. The minimum Gasteiger partial charge on any atom is -0.482 e. The zero-order valence-electron chi connectivity index (χ0n) is 11.8. The minimum absolute atomic E-state index is 0.156. The second kappa shape index (κ2) is 6.07. The van der Waals surface area contributed by atoms with Crippen LogP contribution in [0.4, 0.5) is 5.69 Å². The van der Waals surface area contributed by atoms with E-state index in [1.165, 1.54) is 6.92 Å². The van der Waals surface area contributed by atoms with E-state index in [-0.39, 0.29) is 12.5 Å². The Kier molecular flexibility index (Phi) is 3.98. The van der Waals surface area contributed by atoms with Crippen LogP contribution in [0, 0.1) is 0 Å². The average Bonchev–Trinajstić information content (AvgIpc) is 2.88. The Labute approximate surface area is 131 Å². The molecule has 0 atom stereocenters. The number of nitrogens with zero attached hydrogens (tertiary/aromatic N) is 1. The van der Waals surface area contributed by atoms with Crippen LogP contribution in [-0.2, 0) is 11.4 Å². The highest BCUT2D eigenvalue weighted by atomic mass is 35.5. The Morgan fingerprint density at radius 2 is 2.14 bits per heavy atom. The number of para-hydroxylation sites is 2.